The summed E-state index contributed by atoms with van der Waals surface area (Å²) in [5, 5.41) is 29.4. The van der Waals surface area contributed by atoms with E-state index in [2.05, 4.69) is 6.92 Å². The molecule has 0 aromatic rings. The standard InChI is InChI=1S/C20H38O5S/c1-2-3-4-5-6-7-8-9-10-11-12-13-18(26)25-20-17(14-21)24-15-16(22)19(20)23/h16-17,19-23H,2-15H2,1H3/t16-,17+,19+,20+/m0/s1. The molecular formula is C20H38O5S. The SMILES string of the molecule is CCCCCCCCCCCCCC(=S)O[C@H]1[C@H](O)[C@@H](O)CO[C@@H]1CO. The Hall–Kier alpha value is -0.270. The van der Waals surface area contributed by atoms with Crippen molar-refractivity contribution >= 4 is 17.3 Å². The van der Waals surface area contributed by atoms with Crippen LogP contribution in [0.25, 0.3) is 0 Å². The minimum atomic E-state index is -1.09. The molecular weight excluding hydrogens is 352 g/mol. The molecule has 1 fully saturated rings. The number of hydrogen-bond donors (Lipinski definition) is 3. The molecule has 0 radical (unpaired) electrons. The third kappa shape index (κ3) is 9.60. The van der Waals surface area contributed by atoms with Crippen molar-refractivity contribution < 1.29 is 24.8 Å². The Morgan fingerprint density at radius 2 is 1.50 bits per heavy atom. The molecule has 1 heterocycles. The number of aliphatic hydroxyl groups is 3. The lowest BCUT2D eigenvalue weighted by Crippen LogP contribution is -2.55. The summed E-state index contributed by atoms with van der Waals surface area (Å²) in [5.41, 5.74) is 0. The number of thiocarbonyl (C=S) groups is 1. The number of hydrogen-bond acceptors (Lipinski definition) is 6. The van der Waals surface area contributed by atoms with Gasteiger partial charge in [0, 0.05) is 6.42 Å². The van der Waals surface area contributed by atoms with E-state index in [1.54, 1.807) is 0 Å². The molecule has 154 valence electrons. The van der Waals surface area contributed by atoms with Crippen LogP contribution in [0, 0.1) is 0 Å². The third-order valence-corrected chi connectivity index (χ3v) is 5.31. The molecule has 6 heteroatoms. The van der Waals surface area contributed by atoms with Crippen LogP contribution in [0.15, 0.2) is 0 Å². The topological polar surface area (TPSA) is 79.2 Å². The molecule has 0 aromatic carbocycles. The summed E-state index contributed by atoms with van der Waals surface area (Å²) in [6.07, 6.45) is 11.1. The Balaban J connectivity index is 2.04. The van der Waals surface area contributed by atoms with Crippen molar-refractivity contribution in [1.29, 1.82) is 0 Å². The molecule has 0 spiro atoms. The fourth-order valence-corrected chi connectivity index (χ4v) is 3.56. The molecule has 1 aliphatic rings. The average molecular weight is 391 g/mol. The molecule has 0 saturated carbocycles. The monoisotopic (exact) mass is 390 g/mol. The zero-order valence-electron chi connectivity index (χ0n) is 16.3. The molecule has 0 bridgehead atoms. The number of rotatable bonds is 14. The normalized spacial score (nSPS) is 26.0. The maximum Gasteiger partial charge on any atom is 0.160 e. The highest BCUT2D eigenvalue weighted by Gasteiger charge is 2.40. The van der Waals surface area contributed by atoms with Gasteiger partial charge >= 0.3 is 0 Å². The Morgan fingerprint density at radius 1 is 0.962 bits per heavy atom. The van der Waals surface area contributed by atoms with Crippen LogP contribution in [0.4, 0.5) is 0 Å². The molecule has 1 rings (SSSR count). The molecule has 0 aromatic heterocycles. The van der Waals surface area contributed by atoms with Crippen LogP contribution < -0.4 is 0 Å². The van der Waals surface area contributed by atoms with Crippen molar-refractivity contribution in [3.05, 3.63) is 0 Å². The van der Waals surface area contributed by atoms with Gasteiger partial charge in [0.15, 0.2) is 11.2 Å². The summed E-state index contributed by atoms with van der Waals surface area (Å²) in [5.74, 6) is 0. The van der Waals surface area contributed by atoms with E-state index in [0.29, 0.717) is 11.5 Å². The molecule has 5 nitrogen and oxygen atoms in total. The lowest BCUT2D eigenvalue weighted by Gasteiger charge is -2.37. The molecule has 1 aliphatic heterocycles. The van der Waals surface area contributed by atoms with Crippen LogP contribution in [0.2, 0.25) is 0 Å². The summed E-state index contributed by atoms with van der Waals surface area (Å²) in [6, 6.07) is 0. The quantitative estimate of drug-likeness (QED) is 0.311. The van der Waals surface area contributed by atoms with Gasteiger partial charge in [0.2, 0.25) is 0 Å². The first-order valence-corrected chi connectivity index (χ1v) is 10.8. The molecule has 1 saturated heterocycles. The molecule has 0 amide bonds. The zero-order chi connectivity index (χ0) is 19.2. The van der Waals surface area contributed by atoms with E-state index in [4.69, 9.17) is 21.7 Å². The van der Waals surface area contributed by atoms with E-state index in [1.165, 1.54) is 57.8 Å². The van der Waals surface area contributed by atoms with Gasteiger partial charge in [-0.05, 0) is 18.6 Å². The summed E-state index contributed by atoms with van der Waals surface area (Å²) in [6.45, 7) is 1.98. The number of unbranched alkanes of at least 4 members (excludes halogenated alkanes) is 10. The Kier molecular flexibility index (Phi) is 13.5. The van der Waals surface area contributed by atoms with Gasteiger partial charge in [-0.25, -0.2) is 0 Å². The minimum Gasteiger partial charge on any atom is -0.478 e. The molecule has 0 aliphatic carbocycles. The fourth-order valence-electron chi connectivity index (χ4n) is 3.30. The van der Waals surface area contributed by atoms with Crippen molar-refractivity contribution in [2.24, 2.45) is 0 Å². The van der Waals surface area contributed by atoms with Crippen LogP contribution >= 0.6 is 12.2 Å². The van der Waals surface area contributed by atoms with Crippen LogP contribution in [-0.2, 0) is 9.47 Å². The van der Waals surface area contributed by atoms with Crippen molar-refractivity contribution in [2.75, 3.05) is 13.2 Å². The van der Waals surface area contributed by atoms with Gasteiger partial charge in [-0.15, -0.1) is 0 Å². The van der Waals surface area contributed by atoms with E-state index < -0.39 is 24.4 Å². The summed E-state index contributed by atoms with van der Waals surface area (Å²) in [7, 11) is 0. The predicted molar refractivity (Wildman–Crippen MR) is 107 cm³/mol. The Morgan fingerprint density at radius 3 is 2.04 bits per heavy atom. The Labute approximate surface area is 164 Å². The highest BCUT2D eigenvalue weighted by Crippen LogP contribution is 2.20. The maximum atomic E-state index is 10.0. The summed E-state index contributed by atoms with van der Waals surface area (Å²) in [4.78, 5) is 0. The summed E-state index contributed by atoms with van der Waals surface area (Å²) >= 11 is 5.25. The van der Waals surface area contributed by atoms with Crippen molar-refractivity contribution in [2.45, 2.75) is 108 Å². The van der Waals surface area contributed by atoms with Crippen molar-refractivity contribution in [3.63, 3.8) is 0 Å². The maximum absolute atomic E-state index is 10.0. The second-order valence-corrected chi connectivity index (χ2v) is 7.81. The first-order chi connectivity index (χ1) is 12.6. The Bertz CT molecular complexity index is 364. The van der Waals surface area contributed by atoms with E-state index in [-0.39, 0.29) is 13.2 Å². The summed E-state index contributed by atoms with van der Waals surface area (Å²) < 4.78 is 10.9. The number of ether oxygens (including phenoxy) is 2. The first kappa shape index (κ1) is 23.8. The highest BCUT2D eigenvalue weighted by molar-refractivity contribution is 7.80. The molecule has 0 unspecified atom stereocenters. The second-order valence-electron chi connectivity index (χ2n) is 7.35. The van der Waals surface area contributed by atoms with Gasteiger partial charge < -0.3 is 24.8 Å². The van der Waals surface area contributed by atoms with Gasteiger partial charge in [-0.3, -0.25) is 0 Å². The number of aliphatic hydroxyl groups excluding tert-OH is 3. The molecule has 26 heavy (non-hydrogen) atoms. The van der Waals surface area contributed by atoms with Crippen LogP contribution in [0.1, 0.15) is 84.0 Å². The lowest BCUT2D eigenvalue weighted by molar-refractivity contribution is -0.190. The van der Waals surface area contributed by atoms with E-state index in [9.17, 15) is 15.3 Å². The van der Waals surface area contributed by atoms with Crippen molar-refractivity contribution in [1.82, 2.24) is 0 Å². The van der Waals surface area contributed by atoms with Crippen LogP contribution in [0.5, 0.6) is 0 Å². The fraction of sp³-hybridized carbons (Fsp3) is 0.950. The zero-order valence-corrected chi connectivity index (χ0v) is 17.1. The largest absolute Gasteiger partial charge is 0.478 e. The van der Waals surface area contributed by atoms with Gasteiger partial charge in [-0.1, -0.05) is 71.1 Å². The van der Waals surface area contributed by atoms with E-state index in [0.717, 1.165) is 12.8 Å². The van der Waals surface area contributed by atoms with E-state index >= 15 is 0 Å². The first-order valence-electron chi connectivity index (χ1n) is 10.4. The second kappa shape index (κ2) is 14.7. The van der Waals surface area contributed by atoms with Crippen LogP contribution in [0.3, 0.4) is 0 Å². The van der Waals surface area contributed by atoms with Gasteiger partial charge in [-0.2, -0.15) is 0 Å². The van der Waals surface area contributed by atoms with Gasteiger partial charge in [0.25, 0.3) is 0 Å². The molecule has 3 N–H and O–H groups in total. The third-order valence-electron chi connectivity index (χ3n) is 5.01. The highest BCUT2D eigenvalue weighted by atomic mass is 32.1. The van der Waals surface area contributed by atoms with Gasteiger partial charge in [0.1, 0.15) is 18.3 Å². The predicted octanol–water partition coefficient (Wildman–Crippen LogP) is 3.51. The minimum absolute atomic E-state index is 0.00236. The van der Waals surface area contributed by atoms with Crippen LogP contribution in [-0.4, -0.2) is 58.0 Å². The van der Waals surface area contributed by atoms with Crippen molar-refractivity contribution in [3.8, 4) is 0 Å². The average Bonchev–Trinajstić information content (AvgIpc) is 2.63. The molecule has 4 atom stereocenters. The van der Waals surface area contributed by atoms with Gasteiger partial charge in [0.05, 0.1) is 13.2 Å². The lowest BCUT2D eigenvalue weighted by atomic mass is 10.0. The smallest absolute Gasteiger partial charge is 0.160 e. The van der Waals surface area contributed by atoms with E-state index in [1.807, 2.05) is 0 Å².